The fourth-order valence-corrected chi connectivity index (χ4v) is 11.0. The fraction of sp³-hybridized carbons (Fsp3) is 0.515. The molecule has 2 saturated heterocycles. The lowest BCUT2D eigenvalue weighted by Gasteiger charge is -2.48. The number of benzene rings is 2. The van der Waals surface area contributed by atoms with Gasteiger partial charge in [0.25, 0.3) is 8.32 Å². The van der Waals surface area contributed by atoms with E-state index in [1.165, 1.54) is 0 Å². The standard InChI is InChI=1S/C33H43FN6O3Si/c1-24(28-19-25(34)21-39(28)6)42-31-37-29(20-35)36-30(38-31)40-17-18-41-23-33(5,22-40)43-44(32(2,3)4,26-13-9-7-10-14-26)27-15-11-8-12-16-27/h7-16,24-25,28H,17-19,21-23H2,1-6H3/t24-,25+,28-,33?/m0/s1/i5D3. The van der Waals surface area contributed by atoms with Gasteiger partial charge < -0.3 is 18.8 Å². The third kappa shape index (κ3) is 6.64. The molecule has 2 aliphatic heterocycles. The summed E-state index contributed by atoms with van der Waals surface area (Å²) in [5, 5.41) is 11.2. The molecule has 0 aliphatic carbocycles. The summed E-state index contributed by atoms with van der Waals surface area (Å²) in [6.07, 6.45) is -1.12. The van der Waals surface area contributed by atoms with E-state index in [4.69, 9.17) is 18.0 Å². The van der Waals surface area contributed by atoms with Crippen molar-refractivity contribution in [3.8, 4) is 12.1 Å². The third-order valence-corrected chi connectivity index (χ3v) is 13.5. The number of likely N-dealkylation sites (N-methyl/N-ethyl adjacent to an activating group) is 1. The van der Waals surface area contributed by atoms with Crippen LogP contribution in [0.5, 0.6) is 6.01 Å². The van der Waals surface area contributed by atoms with Crippen molar-refractivity contribution < 1.29 is 22.4 Å². The van der Waals surface area contributed by atoms with E-state index in [-0.39, 0.29) is 50.1 Å². The summed E-state index contributed by atoms with van der Waals surface area (Å²) < 4.78 is 60.4. The molecule has 0 radical (unpaired) electrons. The zero-order chi connectivity index (χ0) is 34.0. The second kappa shape index (κ2) is 12.9. The van der Waals surface area contributed by atoms with E-state index in [0.717, 1.165) is 10.4 Å². The molecule has 5 rings (SSSR count). The fourth-order valence-electron chi connectivity index (χ4n) is 6.37. The molecule has 3 heterocycles. The minimum absolute atomic E-state index is 0.0760. The Morgan fingerprint density at radius 3 is 2.32 bits per heavy atom. The van der Waals surface area contributed by atoms with E-state index >= 15 is 0 Å². The van der Waals surface area contributed by atoms with Crippen molar-refractivity contribution in [2.75, 3.05) is 44.8 Å². The van der Waals surface area contributed by atoms with Crippen molar-refractivity contribution in [1.29, 1.82) is 5.26 Å². The van der Waals surface area contributed by atoms with Gasteiger partial charge in [0.2, 0.25) is 11.8 Å². The van der Waals surface area contributed by atoms with Gasteiger partial charge in [0, 0.05) is 23.2 Å². The van der Waals surface area contributed by atoms with Crippen LogP contribution < -0.4 is 20.0 Å². The first-order valence-electron chi connectivity index (χ1n) is 16.5. The van der Waals surface area contributed by atoms with Crippen molar-refractivity contribution in [3.05, 3.63) is 66.5 Å². The number of rotatable bonds is 8. The first-order chi connectivity index (χ1) is 22.2. The van der Waals surface area contributed by atoms with Gasteiger partial charge in [-0.1, -0.05) is 81.4 Å². The van der Waals surface area contributed by atoms with Crippen LogP contribution in [0.1, 0.15) is 50.9 Å². The summed E-state index contributed by atoms with van der Waals surface area (Å²) in [4.78, 5) is 16.7. The van der Waals surface area contributed by atoms with Gasteiger partial charge in [-0.2, -0.15) is 20.2 Å². The van der Waals surface area contributed by atoms with Crippen LogP contribution in [0, 0.1) is 11.3 Å². The van der Waals surface area contributed by atoms with Gasteiger partial charge in [-0.15, -0.1) is 0 Å². The normalized spacial score (nSPS) is 25.3. The SMILES string of the molecule is [2H]C([2H])([2H])C1(O[Si](c2ccccc2)(c2ccccc2)C(C)(C)C)COCCN(c2nc(C#N)nc(O[C@@H](C)[C@@H]3C[C@@H](F)CN3C)n2)C1. The number of hydrogen-bond acceptors (Lipinski definition) is 9. The monoisotopic (exact) mass is 621 g/mol. The van der Waals surface area contributed by atoms with Gasteiger partial charge in [0.15, 0.2) is 0 Å². The van der Waals surface area contributed by atoms with E-state index in [0.29, 0.717) is 13.0 Å². The molecule has 0 spiro atoms. The Balaban J connectivity index is 1.58. The molecule has 0 saturated carbocycles. The van der Waals surface area contributed by atoms with Crippen LogP contribution in [0.15, 0.2) is 60.7 Å². The molecule has 4 atom stereocenters. The summed E-state index contributed by atoms with van der Waals surface area (Å²) in [7, 11) is -1.55. The van der Waals surface area contributed by atoms with Crippen LogP contribution in [-0.4, -0.2) is 92.0 Å². The molecule has 1 unspecified atom stereocenters. The molecule has 11 heteroatoms. The van der Waals surface area contributed by atoms with Gasteiger partial charge in [-0.25, -0.2) is 4.39 Å². The highest BCUT2D eigenvalue weighted by atomic mass is 28.4. The number of alkyl halides is 1. The zero-order valence-electron chi connectivity index (χ0n) is 29.0. The Labute approximate surface area is 265 Å². The number of anilines is 1. The maximum atomic E-state index is 14.1. The summed E-state index contributed by atoms with van der Waals surface area (Å²) in [6.45, 7) is 5.81. The molecule has 3 aromatic rings. The van der Waals surface area contributed by atoms with E-state index in [9.17, 15) is 9.65 Å². The number of halogens is 1. The van der Waals surface area contributed by atoms with Crippen LogP contribution in [0.4, 0.5) is 10.3 Å². The minimum atomic E-state index is -3.38. The number of ether oxygens (including phenoxy) is 2. The molecule has 234 valence electrons. The Bertz CT molecular complexity index is 1520. The third-order valence-electron chi connectivity index (χ3n) is 8.42. The average molecular weight is 622 g/mol. The maximum absolute atomic E-state index is 14.1. The van der Waals surface area contributed by atoms with E-state index < -0.39 is 38.1 Å². The summed E-state index contributed by atoms with van der Waals surface area (Å²) in [6, 6.07) is 21.4. The van der Waals surface area contributed by atoms with Crippen molar-refractivity contribution in [1.82, 2.24) is 19.9 Å². The van der Waals surface area contributed by atoms with Crippen LogP contribution >= 0.6 is 0 Å². The molecule has 0 bridgehead atoms. The average Bonchev–Trinajstić information content (AvgIpc) is 3.22. The molecule has 0 N–H and O–H groups in total. The van der Waals surface area contributed by atoms with Crippen molar-refractivity contribution in [2.45, 2.75) is 69.9 Å². The van der Waals surface area contributed by atoms with Gasteiger partial charge in [0.05, 0.1) is 25.4 Å². The lowest BCUT2D eigenvalue weighted by molar-refractivity contribution is -0.000403. The minimum Gasteiger partial charge on any atom is -0.459 e. The van der Waals surface area contributed by atoms with Gasteiger partial charge in [0.1, 0.15) is 18.3 Å². The maximum Gasteiger partial charge on any atom is 0.322 e. The van der Waals surface area contributed by atoms with Crippen molar-refractivity contribution >= 4 is 24.6 Å². The van der Waals surface area contributed by atoms with Crippen LogP contribution in [0.25, 0.3) is 0 Å². The topological polar surface area (TPSA) is 96.6 Å². The predicted molar refractivity (Wildman–Crippen MR) is 171 cm³/mol. The van der Waals surface area contributed by atoms with Crippen molar-refractivity contribution in [2.24, 2.45) is 0 Å². The number of likely N-dealkylation sites (tertiary alicyclic amines) is 1. The summed E-state index contributed by atoms with van der Waals surface area (Å²) in [5.74, 6) is -0.107. The second-order valence-electron chi connectivity index (χ2n) is 12.8. The van der Waals surface area contributed by atoms with Gasteiger partial charge in [-0.05, 0) is 42.7 Å². The van der Waals surface area contributed by atoms with E-state index in [1.807, 2.05) is 85.6 Å². The zero-order valence-corrected chi connectivity index (χ0v) is 27.0. The predicted octanol–water partition coefficient (Wildman–Crippen LogP) is 3.72. The van der Waals surface area contributed by atoms with Crippen molar-refractivity contribution in [3.63, 3.8) is 0 Å². The van der Waals surface area contributed by atoms with Crippen LogP contribution in [0.3, 0.4) is 0 Å². The number of hydrogen-bond donors (Lipinski definition) is 0. The van der Waals surface area contributed by atoms with Gasteiger partial charge >= 0.3 is 6.01 Å². The van der Waals surface area contributed by atoms with E-state index in [2.05, 4.69) is 35.7 Å². The van der Waals surface area contributed by atoms with Crippen LogP contribution in [-0.2, 0) is 9.16 Å². The van der Waals surface area contributed by atoms with E-state index in [1.54, 1.807) is 4.90 Å². The number of nitrogens with zero attached hydrogens (tertiary/aromatic N) is 6. The molecular formula is C33H43FN6O3Si. The Morgan fingerprint density at radius 2 is 1.77 bits per heavy atom. The molecule has 2 aliphatic rings. The first kappa shape index (κ1) is 28.1. The molecular weight excluding hydrogens is 575 g/mol. The van der Waals surface area contributed by atoms with Gasteiger partial charge in [-0.3, -0.25) is 4.90 Å². The molecule has 44 heavy (non-hydrogen) atoms. The summed E-state index contributed by atoms with van der Waals surface area (Å²) >= 11 is 0. The molecule has 2 fully saturated rings. The Kier molecular flexibility index (Phi) is 8.22. The van der Waals surface area contributed by atoms with Crippen LogP contribution in [0.2, 0.25) is 5.04 Å². The molecule has 0 amide bonds. The smallest absolute Gasteiger partial charge is 0.322 e. The number of nitriles is 1. The Morgan fingerprint density at radius 1 is 1.11 bits per heavy atom. The highest BCUT2D eigenvalue weighted by Gasteiger charge is 2.54. The first-order valence-corrected chi connectivity index (χ1v) is 16.9. The quantitative estimate of drug-likeness (QED) is 0.349. The highest BCUT2D eigenvalue weighted by Crippen LogP contribution is 2.40. The molecule has 2 aromatic carbocycles. The Hall–Kier alpha value is -3.43. The molecule has 9 nitrogen and oxygen atoms in total. The second-order valence-corrected chi connectivity index (χ2v) is 17.0. The molecule has 1 aromatic heterocycles. The highest BCUT2D eigenvalue weighted by molar-refractivity contribution is 6.99. The lowest BCUT2D eigenvalue weighted by atomic mass is 10.1. The summed E-state index contributed by atoms with van der Waals surface area (Å²) in [5.41, 5.74) is -1.81. The number of aromatic nitrogens is 3. The largest absolute Gasteiger partial charge is 0.459 e. The lowest BCUT2D eigenvalue weighted by Crippen LogP contribution is -2.70.